The number of aliphatic hydroxyl groups is 1. The molecule has 2 atom stereocenters. The lowest BCUT2D eigenvalue weighted by molar-refractivity contribution is -0.180. The van der Waals surface area contributed by atoms with Crippen molar-refractivity contribution in [3.63, 3.8) is 0 Å². The zero-order chi connectivity index (χ0) is 21.5. The van der Waals surface area contributed by atoms with Crippen LogP contribution in [0.4, 0.5) is 14.6 Å². The van der Waals surface area contributed by atoms with Crippen LogP contribution in [0, 0.1) is 6.92 Å². The Morgan fingerprint density at radius 3 is 2.69 bits per heavy atom. The van der Waals surface area contributed by atoms with Gasteiger partial charge in [-0.2, -0.15) is 8.78 Å². The fourth-order valence-corrected chi connectivity index (χ4v) is 2.95. The Morgan fingerprint density at radius 1 is 1.38 bits per heavy atom. The van der Waals surface area contributed by atoms with E-state index >= 15 is 0 Å². The highest BCUT2D eigenvalue weighted by Gasteiger charge is 2.49. The highest BCUT2D eigenvalue weighted by atomic mass is 19.3. The van der Waals surface area contributed by atoms with Crippen molar-refractivity contribution in [3.8, 4) is 5.69 Å². The van der Waals surface area contributed by atoms with E-state index in [9.17, 15) is 28.3 Å². The number of nitrogens with zero attached hydrogens (tertiary/aromatic N) is 4. The molecule has 0 aromatic carbocycles. The summed E-state index contributed by atoms with van der Waals surface area (Å²) in [4.78, 5) is 36.6. The maximum absolute atomic E-state index is 13.0. The number of pyridine rings is 1. The van der Waals surface area contributed by atoms with E-state index in [2.05, 4.69) is 5.10 Å². The van der Waals surface area contributed by atoms with Gasteiger partial charge < -0.3 is 14.9 Å². The van der Waals surface area contributed by atoms with Gasteiger partial charge in [0.1, 0.15) is 0 Å². The fraction of sp³-hybridized carbons (Fsp3) is 0.412. The van der Waals surface area contributed by atoms with Crippen LogP contribution in [-0.2, 0) is 14.3 Å². The number of aliphatic carboxylic acids is 1. The summed E-state index contributed by atoms with van der Waals surface area (Å²) in [6, 6.07) is 3.78. The first-order chi connectivity index (χ1) is 13.5. The van der Waals surface area contributed by atoms with Crippen LogP contribution in [-0.4, -0.2) is 61.3 Å². The molecule has 1 aliphatic rings. The SMILES string of the molecule is Cc1cc(N2CCO[C@H](C(C)(O)C(=O)O)C2=O)nn1-c1ccc(=O)n(C(F)F)c1. The molecule has 1 unspecified atom stereocenters. The van der Waals surface area contributed by atoms with E-state index in [0.717, 1.165) is 24.1 Å². The summed E-state index contributed by atoms with van der Waals surface area (Å²) < 4.78 is 32.7. The minimum atomic E-state index is -3.03. The van der Waals surface area contributed by atoms with Gasteiger partial charge in [0, 0.05) is 24.0 Å². The van der Waals surface area contributed by atoms with Crippen LogP contribution in [0.1, 0.15) is 19.2 Å². The average molecular weight is 412 g/mol. The third kappa shape index (κ3) is 3.63. The first-order valence-electron chi connectivity index (χ1n) is 8.50. The molecule has 1 saturated heterocycles. The summed E-state index contributed by atoms with van der Waals surface area (Å²) >= 11 is 0. The minimum Gasteiger partial charge on any atom is -0.479 e. The van der Waals surface area contributed by atoms with E-state index < -0.39 is 35.7 Å². The number of carboxylic acid groups (broad SMARTS) is 1. The van der Waals surface area contributed by atoms with Gasteiger partial charge in [-0.25, -0.2) is 9.48 Å². The van der Waals surface area contributed by atoms with Gasteiger partial charge in [-0.05, 0) is 19.9 Å². The van der Waals surface area contributed by atoms with Crippen molar-refractivity contribution in [1.29, 1.82) is 0 Å². The van der Waals surface area contributed by atoms with Crippen molar-refractivity contribution in [3.05, 3.63) is 40.4 Å². The number of hydrogen-bond acceptors (Lipinski definition) is 6. The third-order valence-electron chi connectivity index (χ3n) is 4.56. The molecule has 2 N–H and O–H groups in total. The summed E-state index contributed by atoms with van der Waals surface area (Å²) in [5.41, 5.74) is -2.68. The average Bonchev–Trinajstić information content (AvgIpc) is 3.03. The highest BCUT2D eigenvalue weighted by Crippen LogP contribution is 2.25. The fourth-order valence-electron chi connectivity index (χ4n) is 2.95. The lowest BCUT2D eigenvalue weighted by Crippen LogP contribution is -2.60. The number of alkyl halides is 2. The highest BCUT2D eigenvalue weighted by molar-refractivity contribution is 6.00. The Bertz CT molecular complexity index is 1020. The number of hydrogen-bond donors (Lipinski definition) is 2. The van der Waals surface area contributed by atoms with Crippen LogP contribution in [0.25, 0.3) is 5.69 Å². The van der Waals surface area contributed by atoms with Gasteiger partial charge in [0.15, 0.2) is 17.5 Å². The molecule has 1 aliphatic heterocycles. The monoisotopic (exact) mass is 412 g/mol. The van der Waals surface area contributed by atoms with E-state index in [1.165, 1.54) is 16.8 Å². The van der Waals surface area contributed by atoms with E-state index in [1.807, 2.05) is 0 Å². The van der Waals surface area contributed by atoms with Crippen LogP contribution < -0.4 is 10.5 Å². The topological polar surface area (TPSA) is 127 Å². The number of aromatic nitrogens is 3. The molecule has 0 saturated carbocycles. The van der Waals surface area contributed by atoms with Crippen molar-refractivity contribution < 1.29 is 33.3 Å². The molecule has 156 valence electrons. The number of amides is 1. The molecule has 2 aromatic heterocycles. The number of carboxylic acids is 1. The van der Waals surface area contributed by atoms with Crippen molar-refractivity contribution in [2.75, 3.05) is 18.1 Å². The third-order valence-corrected chi connectivity index (χ3v) is 4.56. The van der Waals surface area contributed by atoms with E-state index in [0.29, 0.717) is 5.69 Å². The summed E-state index contributed by atoms with van der Waals surface area (Å²) in [7, 11) is 0. The van der Waals surface area contributed by atoms with Gasteiger partial charge >= 0.3 is 12.5 Å². The normalized spacial score (nSPS) is 19.4. The number of ether oxygens (including phenoxy) is 1. The number of carbonyl (C=O) groups excluding carboxylic acids is 1. The number of halogens is 2. The Hall–Kier alpha value is -3.12. The second-order valence-corrected chi connectivity index (χ2v) is 6.66. The van der Waals surface area contributed by atoms with Crippen molar-refractivity contribution in [1.82, 2.24) is 14.3 Å². The Labute approximate surface area is 162 Å². The van der Waals surface area contributed by atoms with Crippen molar-refractivity contribution >= 4 is 17.7 Å². The maximum Gasteiger partial charge on any atom is 0.338 e. The van der Waals surface area contributed by atoms with Gasteiger partial charge in [0.05, 0.1) is 18.8 Å². The predicted octanol–water partition coefficient (Wildman–Crippen LogP) is 0.305. The largest absolute Gasteiger partial charge is 0.479 e. The van der Waals surface area contributed by atoms with Gasteiger partial charge in [-0.15, -0.1) is 5.10 Å². The molecular weight excluding hydrogens is 394 g/mol. The van der Waals surface area contributed by atoms with Gasteiger partial charge in [-0.1, -0.05) is 0 Å². The smallest absolute Gasteiger partial charge is 0.338 e. The molecule has 3 rings (SSSR count). The number of rotatable bonds is 5. The number of anilines is 1. The van der Waals surface area contributed by atoms with E-state index in [4.69, 9.17) is 9.84 Å². The van der Waals surface area contributed by atoms with Gasteiger partial charge in [0.2, 0.25) is 0 Å². The van der Waals surface area contributed by atoms with E-state index in [1.54, 1.807) is 6.92 Å². The van der Waals surface area contributed by atoms with Crippen molar-refractivity contribution in [2.24, 2.45) is 0 Å². The Morgan fingerprint density at radius 2 is 2.07 bits per heavy atom. The molecule has 10 nitrogen and oxygen atoms in total. The van der Waals surface area contributed by atoms with Gasteiger partial charge in [-0.3, -0.25) is 19.1 Å². The summed E-state index contributed by atoms with van der Waals surface area (Å²) in [6.45, 7) is -0.444. The number of aryl methyl sites for hydroxylation is 1. The van der Waals surface area contributed by atoms with Crippen LogP contribution in [0.2, 0.25) is 0 Å². The minimum absolute atomic E-state index is 0.0397. The molecule has 3 heterocycles. The molecule has 0 spiro atoms. The zero-order valence-electron chi connectivity index (χ0n) is 15.5. The second-order valence-electron chi connectivity index (χ2n) is 6.66. The van der Waals surface area contributed by atoms with Gasteiger partial charge in [0.25, 0.3) is 11.5 Å². The van der Waals surface area contributed by atoms with Crippen LogP contribution in [0.5, 0.6) is 0 Å². The van der Waals surface area contributed by atoms with Crippen molar-refractivity contribution in [2.45, 2.75) is 32.1 Å². The molecule has 2 aromatic rings. The zero-order valence-corrected chi connectivity index (χ0v) is 15.5. The lowest BCUT2D eigenvalue weighted by atomic mass is 9.97. The summed E-state index contributed by atoms with van der Waals surface area (Å²) in [5, 5.41) is 23.5. The Balaban J connectivity index is 1.96. The molecule has 12 heteroatoms. The predicted molar refractivity (Wildman–Crippen MR) is 94.2 cm³/mol. The standard InChI is InChI=1S/C17H18F2N4O6/c1-9-7-11(20-23(9)10-3-4-12(24)22(8-10)16(18)19)21-5-6-29-13(14(21)25)17(2,28)15(26)27/h3-4,7-8,13,16,28H,5-6H2,1-2H3,(H,26,27)/t13-,17?/m0/s1. The molecular formula is C17H18F2N4O6. The first kappa shape index (κ1) is 20.6. The molecule has 0 radical (unpaired) electrons. The Kier molecular flexibility index (Phi) is 5.24. The quantitative estimate of drug-likeness (QED) is 0.723. The maximum atomic E-state index is 13.0. The first-order valence-corrected chi connectivity index (χ1v) is 8.50. The second kappa shape index (κ2) is 7.37. The molecule has 1 amide bonds. The molecule has 29 heavy (non-hydrogen) atoms. The summed E-state index contributed by atoms with van der Waals surface area (Å²) in [5.74, 6) is -2.30. The molecule has 0 aliphatic carbocycles. The van der Waals surface area contributed by atoms with Crippen LogP contribution in [0.3, 0.4) is 0 Å². The molecule has 0 bridgehead atoms. The molecule has 1 fully saturated rings. The van der Waals surface area contributed by atoms with Crippen LogP contribution >= 0.6 is 0 Å². The summed E-state index contributed by atoms with van der Waals surface area (Å²) in [6.07, 6.45) is -0.699. The van der Waals surface area contributed by atoms with E-state index in [-0.39, 0.29) is 29.2 Å². The van der Waals surface area contributed by atoms with Crippen LogP contribution in [0.15, 0.2) is 29.2 Å². The number of carbonyl (C=O) groups is 2. The number of morpholine rings is 1. The lowest BCUT2D eigenvalue weighted by Gasteiger charge is -2.36.